The molecule has 0 aromatic heterocycles. The predicted molar refractivity (Wildman–Crippen MR) is 38.5 cm³/mol. The van der Waals surface area contributed by atoms with Gasteiger partial charge < -0.3 is 10.2 Å². The smallest absolute Gasteiger partial charge is 0.350 e. The average Bonchev–Trinajstić information content (AvgIpc) is 2.32. The topological polar surface area (TPSA) is 77.8 Å². The Bertz CT molecular complexity index is 270. The number of β-amino-alcohol motifs (C(OH)–C–C–N with tert-alkyl or cyclic N) is 2. The van der Waals surface area contributed by atoms with Gasteiger partial charge in [-0.05, 0) is 0 Å². The first-order valence-electron chi connectivity index (χ1n) is 3.49. The molecule has 0 amide bonds. The number of aliphatic hydroxyl groups excluding tert-OH is 2. The van der Waals surface area contributed by atoms with Gasteiger partial charge in [-0.25, -0.2) is 8.42 Å². The number of halogens is 2. The van der Waals surface area contributed by atoms with Crippen LogP contribution in [0.5, 0.6) is 0 Å². The van der Waals surface area contributed by atoms with Crippen molar-refractivity contribution in [3.8, 4) is 0 Å². The summed E-state index contributed by atoms with van der Waals surface area (Å²) in [6, 6.07) is 0. The Morgan fingerprint density at radius 3 is 1.92 bits per heavy atom. The van der Waals surface area contributed by atoms with Crippen molar-refractivity contribution in [2.45, 2.75) is 18.0 Å². The standard InChI is InChI=1S/C5H9F2NO4S/c6-5(7)13(11,12)8-1-3(9)4(10)2-8/h3-5,9-10H,1-2H2. The summed E-state index contributed by atoms with van der Waals surface area (Å²) in [4.78, 5) is 0. The second kappa shape index (κ2) is 3.45. The molecule has 1 heterocycles. The van der Waals surface area contributed by atoms with Crippen LogP contribution in [0.3, 0.4) is 0 Å². The highest BCUT2D eigenvalue weighted by molar-refractivity contribution is 7.89. The zero-order valence-electron chi connectivity index (χ0n) is 6.47. The monoisotopic (exact) mass is 217 g/mol. The van der Waals surface area contributed by atoms with Crippen molar-refractivity contribution in [1.29, 1.82) is 0 Å². The third-order valence-electron chi connectivity index (χ3n) is 1.81. The van der Waals surface area contributed by atoms with Gasteiger partial charge in [0.1, 0.15) is 0 Å². The maximum absolute atomic E-state index is 11.9. The summed E-state index contributed by atoms with van der Waals surface area (Å²) in [6.07, 6.45) is -2.57. The Balaban J connectivity index is 2.77. The van der Waals surface area contributed by atoms with Crippen molar-refractivity contribution in [2.75, 3.05) is 13.1 Å². The molecule has 0 bridgehead atoms. The van der Waals surface area contributed by atoms with E-state index in [0.29, 0.717) is 4.31 Å². The van der Waals surface area contributed by atoms with Crippen LogP contribution in [-0.2, 0) is 10.0 Å². The maximum Gasteiger partial charge on any atom is 0.350 e. The van der Waals surface area contributed by atoms with Crippen molar-refractivity contribution in [1.82, 2.24) is 4.31 Å². The second-order valence-corrected chi connectivity index (χ2v) is 4.66. The predicted octanol–water partition coefficient (Wildman–Crippen LogP) is -1.42. The van der Waals surface area contributed by atoms with Gasteiger partial charge in [0.15, 0.2) is 0 Å². The summed E-state index contributed by atoms with van der Waals surface area (Å²) in [5.74, 6) is -3.51. The number of alkyl halides is 2. The second-order valence-electron chi connectivity index (χ2n) is 2.76. The van der Waals surface area contributed by atoms with Gasteiger partial charge in [0.25, 0.3) is 10.0 Å². The largest absolute Gasteiger partial charge is 0.389 e. The average molecular weight is 217 g/mol. The molecule has 1 saturated heterocycles. The SMILES string of the molecule is O=S(=O)(C(F)F)N1CC(O)C(O)C1. The lowest BCUT2D eigenvalue weighted by Gasteiger charge is -2.13. The molecule has 1 aliphatic heterocycles. The maximum atomic E-state index is 11.9. The fraction of sp³-hybridized carbons (Fsp3) is 1.00. The Hall–Kier alpha value is -0.310. The minimum absolute atomic E-state index is 0.382. The van der Waals surface area contributed by atoms with Gasteiger partial charge in [0, 0.05) is 13.1 Å². The Morgan fingerprint density at radius 1 is 1.23 bits per heavy atom. The van der Waals surface area contributed by atoms with Crippen molar-refractivity contribution in [3.63, 3.8) is 0 Å². The third-order valence-corrected chi connectivity index (χ3v) is 3.28. The molecule has 2 N–H and O–H groups in total. The third kappa shape index (κ3) is 1.96. The Labute approximate surface area is 73.6 Å². The van der Waals surface area contributed by atoms with Crippen LogP contribution in [0.25, 0.3) is 0 Å². The first-order chi connectivity index (χ1) is 5.85. The summed E-state index contributed by atoms with van der Waals surface area (Å²) >= 11 is 0. The minimum atomic E-state index is -4.66. The van der Waals surface area contributed by atoms with E-state index in [1.165, 1.54) is 0 Å². The van der Waals surface area contributed by atoms with E-state index in [2.05, 4.69) is 0 Å². The molecule has 0 spiro atoms. The molecule has 0 aromatic rings. The van der Waals surface area contributed by atoms with E-state index in [0.717, 1.165) is 0 Å². The van der Waals surface area contributed by atoms with E-state index < -0.39 is 41.1 Å². The Kier molecular flexibility index (Phi) is 2.85. The number of hydrogen-bond donors (Lipinski definition) is 2. The summed E-state index contributed by atoms with van der Waals surface area (Å²) in [5, 5.41) is 17.8. The quantitative estimate of drug-likeness (QED) is 0.595. The normalized spacial score (nSPS) is 31.5. The number of sulfonamides is 1. The van der Waals surface area contributed by atoms with Crippen LogP contribution in [-0.4, -0.2) is 54.0 Å². The van der Waals surface area contributed by atoms with Crippen molar-refractivity contribution >= 4 is 10.0 Å². The van der Waals surface area contributed by atoms with Crippen LogP contribution in [0.1, 0.15) is 0 Å². The number of hydrogen-bond acceptors (Lipinski definition) is 4. The Morgan fingerprint density at radius 2 is 1.62 bits per heavy atom. The van der Waals surface area contributed by atoms with Crippen LogP contribution in [0.15, 0.2) is 0 Å². The summed E-state index contributed by atoms with van der Waals surface area (Å²) < 4.78 is 45.8. The molecule has 0 aliphatic carbocycles. The van der Waals surface area contributed by atoms with E-state index in [4.69, 9.17) is 10.2 Å². The molecule has 1 aliphatic rings. The lowest BCUT2D eigenvalue weighted by Crippen LogP contribution is -2.34. The van der Waals surface area contributed by atoms with Crippen molar-refractivity contribution in [2.24, 2.45) is 0 Å². The van der Waals surface area contributed by atoms with Crippen LogP contribution in [0.4, 0.5) is 8.78 Å². The molecule has 8 heteroatoms. The van der Waals surface area contributed by atoms with Gasteiger partial charge in [-0.3, -0.25) is 0 Å². The van der Waals surface area contributed by atoms with Gasteiger partial charge in [0.2, 0.25) is 0 Å². The zero-order chi connectivity index (χ0) is 10.2. The van der Waals surface area contributed by atoms with Gasteiger partial charge in [-0.2, -0.15) is 13.1 Å². The van der Waals surface area contributed by atoms with Gasteiger partial charge >= 0.3 is 5.76 Å². The highest BCUT2D eigenvalue weighted by Crippen LogP contribution is 2.19. The molecule has 78 valence electrons. The molecule has 0 saturated carbocycles. The first-order valence-corrected chi connectivity index (χ1v) is 4.99. The molecule has 1 fully saturated rings. The van der Waals surface area contributed by atoms with Crippen LogP contribution >= 0.6 is 0 Å². The van der Waals surface area contributed by atoms with E-state index in [-0.39, 0.29) is 0 Å². The van der Waals surface area contributed by atoms with Crippen LogP contribution in [0.2, 0.25) is 0 Å². The molecular formula is C5H9F2NO4S. The summed E-state index contributed by atoms with van der Waals surface area (Å²) in [6.45, 7) is -0.957. The molecule has 5 nitrogen and oxygen atoms in total. The first kappa shape index (κ1) is 10.8. The molecule has 0 aromatic carbocycles. The van der Waals surface area contributed by atoms with E-state index in [1.54, 1.807) is 0 Å². The van der Waals surface area contributed by atoms with Crippen molar-refractivity contribution < 1.29 is 27.4 Å². The summed E-state index contributed by atoms with van der Waals surface area (Å²) in [5.41, 5.74) is 0. The number of aliphatic hydroxyl groups is 2. The lowest BCUT2D eigenvalue weighted by molar-refractivity contribution is 0.0572. The molecular weight excluding hydrogens is 208 g/mol. The van der Waals surface area contributed by atoms with Gasteiger partial charge in [-0.1, -0.05) is 0 Å². The van der Waals surface area contributed by atoms with Gasteiger partial charge in [0.05, 0.1) is 12.2 Å². The minimum Gasteiger partial charge on any atom is -0.389 e. The fourth-order valence-electron chi connectivity index (χ4n) is 1.06. The highest BCUT2D eigenvalue weighted by Gasteiger charge is 2.41. The molecule has 1 rings (SSSR count). The van der Waals surface area contributed by atoms with Crippen LogP contribution < -0.4 is 0 Å². The highest BCUT2D eigenvalue weighted by atomic mass is 32.2. The van der Waals surface area contributed by atoms with Gasteiger partial charge in [-0.15, -0.1) is 0 Å². The van der Waals surface area contributed by atoms with E-state index in [1.807, 2.05) is 0 Å². The molecule has 0 radical (unpaired) electrons. The molecule has 2 unspecified atom stereocenters. The van der Waals surface area contributed by atoms with Crippen LogP contribution in [0, 0.1) is 0 Å². The summed E-state index contributed by atoms with van der Waals surface area (Å²) in [7, 11) is -4.66. The van der Waals surface area contributed by atoms with Crippen molar-refractivity contribution in [3.05, 3.63) is 0 Å². The van der Waals surface area contributed by atoms with E-state index >= 15 is 0 Å². The number of rotatable bonds is 2. The number of nitrogens with zero attached hydrogens (tertiary/aromatic N) is 1. The zero-order valence-corrected chi connectivity index (χ0v) is 7.29. The lowest BCUT2D eigenvalue weighted by atomic mass is 10.3. The molecule has 13 heavy (non-hydrogen) atoms. The molecule has 2 atom stereocenters. The fourth-order valence-corrected chi connectivity index (χ4v) is 2.00. The van der Waals surface area contributed by atoms with E-state index in [9.17, 15) is 17.2 Å².